The van der Waals surface area contributed by atoms with Gasteiger partial charge in [-0.3, -0.25) is 10.4 Å². The minimum absolute atomic E-state index is 0.0542. The van der Waals surface area contributed by atoms with Gasteiger partial charge < -0.3 is 11.5 Å². The van der Waals surface area contributed by atoms with Crippen molar-refractivity contribution in [1.82, 2.24) is 0 Å². The fourth-order valence-corrected chi connectivity index (χ4v) is 0.950. The SMILES string of the molecule is CN=C(N)c1ccc(C(=N)N)cc1. The molecule has 0 heterocycles. The summed E-state index contributed by atoms with van der Waals surface area (Å²) < 4.78 is 0. The van der Waals surface area contributed by atoms with Crippen molar-refractivity contribution in [2.24, 2.45) is 16.5 Å². The van der Waals surface area contributed by atoms with E-state index in [1.165, 1.54) is 0 Å². The summed E-state index contributed by atoms with van der Waals surface area (Å²) in [6.07, 6.45) is 0. The molecule has 0 unspecified atom stereocenters. The van der Waals surface area contributed by atoms with Crippen LogP contribution in [0.3, 0.4) is 0 Å². The molecule has 0 fully saturated rings. The van der Waals surface area contributed by atoms with Gasteiger partial charge in [0.2, 0.25) is 0 Å². The quantitative estimate of drug-likeness (QED) is 0.447. The Kier molecular flexibility index (Phi) is 2.64. The molecule has 13 heavy (non-hydrogen) atoms. The fraction of sp³-hybridized carbons (Fsp3) is 0.111. The maximum absolute atomic E-state index is 7.17. The molecule has 68 valence electrons. The highest BCUT2D eigenvalue weighted by Gasteiger charge is 1.98. The lowest BCUT2D eigenvalue weighted by atomic mass is 10.1. The van der Waals surface area contributed by atoms with E-state index in [0.717, 1.165) is 5.56 Å². The third-order valence-electron chi connectivity index (χ3n) is 1.73. The highest BCUT2D eigenvalue weighted by Crippen LogP contribution is 2.02. The molecular formula is C9H12N4. The number of hydrogen-bond acceptors (Lipinski definition) is 2. The number of aliphatic imine (C=N–C) groups is 1. The first-order chi connectivity index (χ1) is 6.15. The van der Waals surface area contributed by atoms with Crippen LogP contribution in [-0.2, 0) is 0 Å². The molecule has 1 rings (SSSR count). The summed E-state index contributed by atoms with van der Waals surface area (Å²) in [6, 6.07) is 7.07. The fourth-order valence-electron chi connectivity index (χ4n) is 0.950. The molecule has 0 radical (unpaired) electrons. The van der Waals surface area contributed by atoms with Gasteiger partial charge >= 0.3 is 0 Å². The summed E-state index contributed by atoms with van der Waals surface area (Å²) in [5, 5.41) is 7.17. The second kappa shape index (κ2) is 3.71. The van der Waals surface area contributed by atoms with E-state index in [2.05, 4.69) is 4.99 Å². The van der Waals surface area contributed by atoms with Gasteiger partial charge in [-0.25, -0.2) is 0 Å². The predicted octanol–water partition coefficient (Wildman–Crippen LogP) is 0.306. The zero-order valence-electron chi connectivity index (χ0n) is 7.41. The summed E-state index contributed by atoms with van der Waals surface area (Å²) in [5.74, 6) is 0.536. The van der Waals surface area contributed by atoms with E-state index in [0.29, 0.717) is 11.4 Å². The van der Waals surface area contributed by atoms with Crippen LogP contribution in [0.15, 0.2) is 29.3 Å². The van der Waals surface area contributed by atoms with Crippen molar-refractivity contribution in [3.8, 4) is 0 Å². The highest BCUT2D eigenvalue weighted by atomic mass is 14.8. The third-order valence-corrected chi connectivity index (χ3v) is 1.73. The molecule has 0 amide bonds. The van der Waals surface area contributed by atoms with Crippen LogP contribution in [0.2, 0.25) is 0 Å². The van der Waals surface area contributed by atoms with Crippen molar-refractivity contribution in [2.75, 3.05) is 7.05 Å². The number of nitrogens with one attached hydrogen (secondary N) is 1. The topological polar surface area (TPSA) is 88.2 Å². The molecule has 0 aliphatic heterocycles. The molecule has 0 saturated heterocycles. The summed E-state index contributed by atoms with van der Waals surface area (Å²) in [6.45, 7) is 0. The van der Waals surface area contributed by atoms with Gasteiger partial charge in [-0.2, -0.15) is 0 Å². The van der Waals surface area contributed by atoms with E-state index in [4.69, 9.17) is 16.9 Å². The third kappa shape index (κ3) is 2.05. The Labute approximate surface area is 76.8 Å². The number of amidine groups is 2. The Morgan fingerprint density at radius 1 is 1.15 bits per heavy atom. The monoisotopic (exact) mass is 176 g/mol. The van der Waals surface area contributed by atoms with E-state index >= 15 is 0 Å². The number of nitrogen functional groups attached to an aromatic ring is 1. The van der Waals surface area contributed by atoms with Crippen molar-refractivity contribution in [2.45, 2.75) is 0 Å². The first-order valence-corrected chi connectivity index (χ1v) is 3.82. The molecule has 4 heteroatoms. The molecule has 0 aliphatic rings. The average molecular weight is 176 g/mol. The number of benzene rings is 1. The molecular weight excluding hydrogens is 164 g/mol. The Balaban J connectivity index is 3.00. The van der Waals surface area contributed by atoms with Gasteiger partial charge in [0.05, 0.1) is 0 Å². The van der Waals surface area contributed by atoms with Gasteiger partial charge in [-0.1, -0.05) is 24.3 Å². The first-order valence-electron chi connectivity index (χ1n) is 3.82. The lowest BCUT2D eigenvalue weighted by molar-refractivity contribution is 1.38. The van der Waals surface area contributed by atoms with Crippen molar-refractivity contribution in [3.05, 3.63) is 35.4 Å². The average Bonchev–Trinajstić information content (AvgIpc) is 2.17. The normalized spacial score (nSPS) is 11.3. The molecule has 0 bridgehead atoms. The van der Waals surface area contributed by atoms with Crippen molar-refractivity contribution < 1.29 is 0 Å². The maximum atomic E-state index is 7.17. The lowest BCUT2D eigenvalue weighted by Gasteiger charge is -2.01. The maximum Gasteiger partial charge on any atom is 0.125 e. The van der Waals surface area contributed by atoms with Crippen LogP contribution in [0.5, 0.6) is 0 Å². The van der Waals surface area contributed by atoms with Gasteiger partial charge in [-0.05, 0) is 0 Å². The van der Waals surface area contributed by atoms with Crippen LogP contribution in [0.4, 0.5) is 0 Å². The Hall–Kier alpha value is -1.84. The largest absolute Gasteiger partial charge is 0.384 e. The molecule has 4 nitrogen and oxygen atoms in total. The second-order valence-corrected chi connectivity index (χ2v) is 2.60. The standard InChI is InChI=1S/C9H12N4/c1-13-9(12)7-4-2-6(3-5-7)8(10)11/h2-5H,1H3,(H3,10,11)(H2,12,13). The smallest absolute Gasteiger partial charge is 0.125 e. The Morgan fingerprint density at radius 3 is 2.00 bits per heavy atom. The van der Waals surface area contributed by atoms with Gasteiger partial charge in [0.25, 0.3) is 0 Å². The number of nitrogens with zero attached hydrogens (tertiary/aromatic N) is 1. The summed E-state index contributed by atoms with van der Waals surface area (Å²) in [4.78, 5) is 3.84. The van der Waals surface area contributed by atoms with Crippen molar-refractivity contribution in [1.29, 1.82) is 5.41 Å². The molecule has 0 saturated carbocycles. The van der Waals surface area contributed by atoms with Crippen LogP contribution in [-0.4, -0.2) is 18.7 Å². The predicted molar refractivity (Wildman–Crippen MR) is 54.1 cm³/mol. The summed E-state index contributed by atoms with van der Waals surface area (Å²) >= 11 is 0. The second-order valence-electron chi connectivity index (χ2n) is 2.60. The number of rotatable bonds is 2. The van der Waals surface area contributed by atoms with Crippen LogP contribution < -0.4 is 11.5 Å². The molecule has 0 atom stereocenters. The molecule has 0 spiro atoms. The van der Waals surface area contributed by atoms with Crippen molar-refractivity contribution in [3.63, 3.8) is 0 Å². The van der Waals surface area contributed by atoms with E-state index < -0.39 is 0 Å². The highest BCUT2D eigenvalue weighted by molar-refractivity contribution is 5.99. The zero-order chi connectivity index (χ0) is 9.84. The molecule has 0 aromatic heterocycles. The minimum atomic E-state index is 0.0542. The van der Waals surface area contributed by atoms with Crippen LogP contribution in [0.1, 0.15) is 11.1 Å². The first kappa shape index (κ1) is 9.25. The van der Waals surface area contributed by atoms with Gasteiger partial charge in [0, 0.05) is 18.2 Å². The van der Waals surface area contributed by atoms with Crippen LogP contribution in [0, 0.1) is 5.41 Å². The van der Waals surface area contributed by atoms with E-state index in [-0.39, 0.29) is 5.84 Å². The van der Waals surface area contributed by atoms with E-state index in [1.807, 2.05) is 0 Å². The minimum Gasteiger partial charge on any atom is -0.384 e. The Bertz CT molecular complexity index is 337. The van der Waals surface area contributed by atoms with Gasteiger partial charge in [0.1, 0.15) is 11.7 Å². The van der Waals surface area contributed by atoms with Crippen LogP contribution in [0.25, 0.3) is 0 Å². The Morgan fingerprint density at radius 2 is 1.62 bits per heavy atom. The number of hydrogen-bond donors (Lipinski definition) is 3. The van der Waals surface area contributed by atoms with Crippen LogP contribution >= 0.6 is 0 Å². The zero-order valence-corrected chi connectivity index (χ0v) is 7.41. The summed E-state index contributed by atoms with van der Waals surface area (Å²) in [7, 11) is 1.63. The van der Waals surface area contributed by atoms with E-state index in [9.17, 15) is 0 Å². The molecule has 5 N–H and O–H groups in total. The van der Waals surface area contributed by atoms with Gasteiger partial charge in [0.15, 0.2) is 0 Å². The van der Waals surface area contributed by atoms with Gasteiger partial charge in [-0.15, -0.1) is 0 Å². The molecule has 1 aromatic rings. The lowest BCUT2D eigenvalue weighted by Crippen LogP contribution is -2.14. The summed E-state index contributed by atoms with van der Waals surface area (Å²) in [5.41, 5.74) is 12.4. The molecule has 1 aromatic carbocycles. The molecule has 0 aliphatic carbocycles. The van der Waals surface area contributed by atoms with Crippen molar-refractivity contribution >= 4 is 11.7 Å². The van der Waals surface area contributed by atoms with E-state index in [1.54, 1.807) is 31.3 Å². The number of nitrogens with two attached hydrogens (primary N) is 2.